The van der Waals surface area contributed by atoms with E-state index in [0.29, 0.717) is 0 Å². The number of thiocarbonyl (C=S) groups is 1. The van der Waals surface area contributed by atoms with Crippen molar-refractivity contribution in [3.05, 3.63) is 35.4 Å². The minimum absolute atomic E-state index is 0.0876. The van der Waals surface area contributed by atoms with Crippen LogP contribution in [0.1, 0.15) is 11.1 Å². The zero-order chi connectivity index (χ0) is 11.9. The molecule has 84 valence electrons. The molecule has 0 heterocycles. The van der Waals surface area contributed by atoms with E-state index in [1.54, 1.807) is 0 Å². The van der Waals surface area contributed by atoms with E-state index in [1.807, 2.05) is 0 Å². The van der Waals surface area contributed by atoms with Crippen molar-refractivity contribution in [2.24, 2.45) is 11.5 Å². The van der Waals surface area contributed by atoms with Crippen LogP contribution >= 0.6 is 12.2 Å². The van der Waals surface area contributed by atoms with E-state index in [1.165, 1.54) is 18.2 Å². The first-order valence-corrected chi connectivity index (χ1v) is 4.45. The highest BCUT2D eigenvalue weighted by atomic mass is 32.1. The van der Waals surface area contributed by atoms with Gasteiger partial charge in [-0.15, -0.1) is 0 Å². The second-order valence-electron chi connectivity index (χ2n) is 2.50. The number of halogens is 3. The fourth-order valence-corrected chi connectivity index (χ4v) is 0.975. The third kappa shape index (κ3) is 4.75. The van der Waals surface area contributed by atoms with Gasteiger partial charge in [0.15, 0.2) is 0 Å². The maximum absolute atomic E-state index is 12.2. The molecule has 2 nitrogen and oxygen atoms in total. The Balaban J connectivity index is 0.000000583. The standard InChI is InChI=1S/C8H8F3N.CH3NS/c9-8(10,11)7-4-2-1-3-6(7)5-12;2-1-3/h1-4H,5,12H2;1H,(H2,2,3). The molecule has 1 aromatic rings. The molecule has 0 saturated heterocycles. The van der Waals surface area contributed by atoms with Crippen LogP contribution < -0.4 is 11.5 Å². The molecule has 0 bridgehead atoms. The smallest absolute Gasteiger partial charge is 0.396 e. The van der Waals surface area contributed by atoms with Gasteiger partial charge in [0, 0.05) is 6.54 Å². The molecule has 0 saturated carbocycles. The van der Waals surface area contributed by atoms with Crippen molar-refractivity contribution in [2.75, 3.05) is 0 Å². The summed E-state index contributed by atoms with van der Waals surface area (Å²) in [7, 11) is 0. The minimum Gasteiger partial charge on any atom is -0.396 e. The van der Waals surface area contributed by atoms with Crippen LogP contribution in [0, 0.1) is 0 Å². The molecular formula is C9H11F3N2S. The van der Waals surface area contributed by atoms with E-state index >= 15 is 0 Å². The van der Waals surface area contributed by atoms with Crippen LogP contribution in [0.2, 0.25) is 0 Å². The van der Waals surface area contributed by atoms with Crippen molar-refractivity contribution in [1.29, 1.82) is 0 Å². The van der Waals surface area contributed by atoms with Crippen LogP contribution in [0.15, 0.2) is 24.3 Å². The van der Waals surface area contributed by atoms with Gasteiger partial charge in [0.1, 0.15) is 0 Å². The van der Waals surface area contributed by atoms with E-state index in [9.17, 15) is 13.2 Å². The van der Waals surface area contributed by atoms with Crippen molar-refractivity contribution in [2.45, 2.75) is 12.7 Å². The Hall–Kier alpha value is -1.14. The third-order valence-electron chi connectivity index (χ3n) is 1.54. The molecular weight excluding hydrogens is 225 g/mol. The van der Waals surface area contributed by atoms with Gasteiger partial charge in [-0.1, -0.05) is 30.4 Å². The third-order valence-corrected chi connectivity index (χ3v) is 1.54. The van der Waals surface area contributed by atoms with E-state index in [-0.39, 0.29) is 12.1 Å². The highest BCUT2D eigenvalue weighted by Gasteiger charge is 2.32. The summed E-state index contributed by atoms with van der Waals surface area (Å²) >= 11 is 4.05. The normalized spacial score (nSPS) is 10.1. The van der Waals surface area contributed by atoms with Gasteiger partial charge >= 0.3 is 6.18 Å². The number of benzene rings is 1. The fourth-order valence-electron chi connectivity index (χ4n) is 0.975. The van der Waals surface area contributed by atoms with E-state index in [4.69, 9.17) is 5.73 Å². The summed E-state index contributed by atoms with van der Waals surface area (Å²) in [6.07, 6.45) is -4.30. The van der Waals surface area contributed by atoms with Crippen molar-refractivity contribution < 1.29 is 13.2 Å². The quantitative estimate of drug-likeness (QED) is 0.734. The van der Waals surface area contributed by atoms with Gasteiger partial charge in [-0.3, -0.25) is 0 Å². The monoisotopic (exact) mass is 236 g/mol. The molecule has 1 aromatic carbocycles. The van der Waals surface area contributed by atoms with Gasteiger partial charge in [-0.05, 0) is 11.6 Å². The summed E-state index contributed by atoms with van der Waals surface area (Å²) in [4.78, 5) is 0. The summed E-state index contributed by atoms with van der Waals surface area (Å²) in [6, 6.07) is 5.30. The first-order valence-electron chi connectivity index (χ1n) is 3.98. The van der Waals surface area contributed by atoms with Gasteiger partial charge < -0.3 is 11.5 Å². The van der Waals surface area contributed by atoms with E-state index in [0.717, 1.165) is 11.6 Å². The number of rotatable bonds is 1. The van der Waals surface area contributed by atoms with Gasteiger partial charge in [0.05, 0.1) is 11.1 Å². The minimum atomic E-state index is -4.30. The Morgan fingerprint density at radius 3 is 2.07 bits per heavy atom. The lowest BCUT2D eigenvalue weighted by Gasteiger charge is -2.10. The highest BCUT2D eigenvalue weighted by Crippen LogP contribution is 2.31. The van der Waals surface area contributed by atoms with Crippen molar-refractivity contribution in [3.8, 4) is 0 Å². The van der Waals surface area contributed by atoms with Gasteiger partial charge in [0.25, 0.3) is 0 Å². The zero-order valence-corrected chi connectivity index (χ0v) is 8.61. The SMILES string of the molecule is NC=S.NCc1ccccc1C(F)(F)F. The summed E-state index contributed by atoms with van der Waals surface area (Å²) in [5, 5.41) is 0. The second-order valence-corrected chi connectivity index (χ2v) is 2.77. The molecule has 15 heavy (non-hydrogen) atoms. The molecule has 0 fully saturated rings. The van der Waals surface area contributed by atoms with Crippen LogP contribution in [-0.4, -0.2) is 5.49 Å². The Morgan fingerprint density at radius 1 is 1.27 bits per heavy atom. The molecule has 0 atom stereocenters. The van der Waals surface area contributed by atoms with Gasteiger partial charge in [0.2, 0.25) is 0 Å². The van der Waals surface area contributed by atoms with Gasteiger partial charge in [-0.25, -0.2) is 0 Å². The highest BCUT2D eigenvalue weighted by molar-refractivity contribution is 7.78. The Bertz CT molecular complexity index is 312. The van der Waals surface area contributed by atoms with Crippen LogP contribution in [-0.2, 0) is 12.7 Å². The van der Waals surface area contributed by atoms with Crippen LogP contribution in [0.3, 0.4) is 0 Å². The van der Waals surface area contributed by atoms with Crippen LogP contribution in [0.5, 0.6) is 0 Å². The largest absolute Gasteiger partial charge is 0.416 e. The molecule has 0 radical (unpaired) electrons. The molecule has 0 aliphatic rings. The molecule has 6 heteroatoms. The Kier molecular flexibility index (Phi) is 5.88. The average molecular weight is 236 g/mol. The molecule has 1 rings (SSSR count). The molecule has 0 aliphatic heterocycles. The number of hydrogen-bond acceptors (Lipinski definition) is 2. The summed E-state index contributed by atoms with van der Waals surface area (Å²) in [5.41, 5.74) is 10.3. The lowest BCUT2D eigenvalue weighted by Crippen LogP contribution is -2.11. The van der Waals surface area contributed by atoms with Crippen LogP contribution in [0.25, 0.3) is 0 Å². The lowest BCUT2D eigenvalue weighted by molar-refractivity contribution is -0.138. The first kappa shape index (κ1) is 13.9. The molecule has 0 spiro atoms. The average Bonchev–Trinajstić information content (AvgIpc) is 2.18. The second kappa shape index (κ2) is 6.36. The summed E-state index contributed by atoms with van der Waals surface area (Å²) < 4.78 is 36.5. The van der Waals surface area contributed by atoms with E-state index < -0.39 is 11.7 Å². The first-order chi connectivity index (χ1) is 6.97. The molecule has 0 amide bonds. The topological polar surface area (TPSA) is 52.0 Å². The summed E-state index contributed by atoms with van der Waals surface area (Å²) in [5.74, 6) is 0. The number of hydrogen-bond donors (Lipinski definition) is 2. The molecule has 4 N–H and O–H groups in total. The lowest BCUT2D eigenvalue weighted by atomic mass is 10.1. The zero-order valence-electron chi connectivity index (χ0n) is 7.79. The number of alkyl halides is 3. The Labute approximate surface area is 91.1 Å². The van der Waals surface area contributed by atoms with Crippen LogP contribution in [0.4, 0.5) is 13.2 Å². The number of nitrogens with two attached hydrogens (primary N) is 2. The van der Waals surface area contributed by atoms with Crippen molar-refractivity contribution >= 4 is 17.7 Å². The molecule has 0 aromatic heterocycles. The predicted molar refractivity (Wildman–Crippen MR) is 57.2 cm³/mol. The predicted octanol–water partition coefficient (Wildman–Crippen LogP) is 2.07. The maximum atomic E-state index is 12.2. The molecule has 0 aliphatic carbocycles. The van der Waals surface area contributed by atoms with E-state index in [2.05, 4.69) is 18.0 Å². The maximum Gasteiger partial charge on any atom is 0.416 e. The van der Waals surface area contributed by atoms with Crippen molar-refractivity contribution in [3.63, 3.8) is 0 Å². The van der Waals surface area contributed by atoms with Gasteiger partial charge in [-0.2, -0.15) is 13.2 Å². The summed E-state index contributed by atoms with van der Waals surface area (Å²) in [6.45, 7) is -0.0876. The fraction of sp³-hybridized carbons (Fsp3) is 0.222. The Morgan fingerprint density at radius 2 is 1.73 bits per heavy atom. The molecule has 0 unspecified atom stereocenters. The van der Waals surface area contributed by atoms with Crippen molar-refractivity contribution in [1.82, 2.24) is 0 Å².